The molecule has 0 radical (unpaired) electrons. The van der Waals surface area contributed by atoms with Crippen LogP contribution in [0.5, 0.6) is 11.5 Å². The first-order chi connectivity index (χ1) is 9.20. The number of amides is 1. The number of rotatable bonds is 5. The van der Waals surface area contributed by atoms with Gasteiger partial charge in [0.15, 0.2) is 11.5 Å². The highest BCUT2D eigenvalue weighted by Gasteiger charge is 2.14. The maximum atomic E-state index is 11.3. The average molecular weight is 264 g/mol. The van der Waals surface area contributed by atoms with Gasteiger partial charge in [-0.25, -0.2) is 0 Å². The van der Waals surface area contributed by atoms with Crippen LogP contribution in [0, 0.1) is 6.92 Å². The van der Waals surface area contributed by atoms with E-state index in [0.29, 0.717) is 32.7 Å². The van der Waals surface area contributed by atoms with Gasteiger partial charge in [0.25, 0.3) is 0 Å². The minimum absolute atomic E-state index is 0.00213. The summed E-state index contributed by atoms with van der Waals surface area (Å²) in [6.07, 6.45) is 1.15. The maximum Gasteiger partial charge on any atom is 0.221 e. The lowest BCUT2D eigenvalue weighted by atomic mass is 10.0. The zero-order valence-electron chi connectivity index (χ0n) is 11.2. The van der Waals surface area contributed by atoms with Crippen LogP contribution in [-0.2, 0) is 11.2 Å². The molecule has 0 fully saturated rings. The molecule has 0 unspecified atom stereocenters. The zero-order chi connectivity index (χ0) is 13.7. The van der Waals surface area contributed by atoms with Gasteiger partial charge in [-0.2, -0.15) is 0 Å². The number of hydrogen-bond acceptors (Lipinski definition) is 4. The van der Waals surface area contributed by atoms with Gasteiger partial charge in [-0.3, -0.25) is 4.79 Å². The smallest absolute Gasteiger partial charge is 0.221 e. The van der Waals surface area contributed by atoms with Gasteiger partial charge in [0, 0.05) is 19.5 Å². The van der Waals surface area contributed by atoms with Crippen LogP contribution in [0.15, 0.2) is 12.1 Å². The minimum atomic E-state index is -0.00213. The van der Waals surface area contributed by atoms with Gasteiger partial charge < -0.3 is 20.5 Å². The largest absolute Gasteiger partial charge is 0.486 e. The van der Waals surface area contributed by atoms with E-state index in [1.54, 1.807) is 0 Å². The molecule has 1 aliphatic heterocycles. The number of hydrogen-bond donors (Lipinski definition) is 2. The summed E-state index contributed by atoms with van der Waals surface area (Å²) >= 11 is 0. The van der Waals surface area contributed by atoms with E-state index in [0.717, 1.165) is 29.0 Å². The van der Waals surface area contributed by atoms with Crippen LogP contribution in [-0.4, -0.2) is 32.2 Å². The fourth-order valence-electron chi connectivity index (χ4n) is 2.06. The molecule has 1 aromatic rings. The van der Waals surface area contributed by atoms with Crippen LogP contribution < -0.4 is 20.5 Å². The number of fused-ring (bicyclic) bond motifs is 1. The number of nitrogens with one attached hydrogen (secondary N) is 1. The van der Waals surface area contributed by atoms with Crippen molar-refractivity contribution >= 4 is 5.91 Å². The standard InChI is InChI=1S/C14H20N2O3/c1-10-8-12-13(19-7-6-18-12)9-11(10)3-5-16-14(17)2-4-15/h8-9H,2-7,15H2,1H3,(H,16,17). The fraction of sp³-hybridized carbons (Fsp3) is 0.500. The molecule has 3 N–H and O–H groups in total. The summed E-state index contributed by atoms with van der Waals surface area (Å²) in [5, 5.41) is 2.85. The summed E-state index contributed by atoms with van der Waals surface area (Å²) < 4.78 is 11.1. The highest BCUT2D eigenvalue weighted by Crippen LogP contribution is 2.33. The van der Waals surface area contributed by atoms with E-state index in [1.165, 1.54) is 0 Å². The first-order valence-electron chi connectivity index (χ1n) is 6.56. The number of benzene rings is 1. The molecule has 1 amide bonds. The van der Waals surface area contributed by atoms with E-state index in [-0.39, 0.29) is 5.91 Å². The molecule has 0 spiro atoms. The van der Waals surface area contributed by atoms with Crippen molar-refractivity contribution in [3.63, 3.8) is 0 Å². The van der Waals surface area contributed by atoms with Gasteiger partial charge in [-0.05, 0) is 36.6 Å². The molecule has 0 aliphatic carbocycles. The second kappa shape index (κ2) is 6.43. The second-order valence-electron chi connectivity index (χ2n) is 4.56. The Morgan fingerprint density at radius 1 is 1.32 bits per heavy atom. The summed E-state index contributed by atoms with van der Waals surface area (Å²) in [7, 11) is 0. The molecule has 5 nitrogen and oxygen atoms in total. The van der Waals surface area contributed by atoms with E-state index < -0.39 is 0 Å². The minimum Gasteiger partial charge on any atom is -0.486 e. The molecule has 1 aliphatic rings. The van der Waals surface area contributed by atoms with Crippen molar-refractivity contribution < 1.29 is 14.3 Å². The Bertz CT molecular complexity index is 460. The van der Waals surface area contributed by atoms with Crippen LogP contribution in [0.1, 0.15) is 17.5 Å². The highest BCUT2D eigenvalue weighted by atomic mass is 16.6. The zero-order valence-corrected chi connectivity index (χ0v) is 11.2. The van der Waals surface area contributed by atoms with E-state index in [4.69, 9.17) is 15.2 Å². The third kappa shape index (κ3) is 3.61. The monoisotopic (exact) mass is 264 g/mol. The third-order valence-electron chi connectivity index (χ3n) is 3.09. The summed E-state index contributed by atoms with van der Waals surface area (Å²) in [6, 6.07) is 3.99. The van der Waals surface area contributed by atoms with E-state index in [2.05, 4.69) is 5.32 Å². The van der Waals surface area contributed by atoms with Crippen molar-refractivity contribution in [2.75, 3.05) is 26.3 Å². The molecular weight excluding hydrogens is 244 g/mol. The van der Waals surface area contributed by atoms with Crippen molar-refractivity contribution in [3.05, 3.63) is 23.3 Å². The Labute approximate surface area is 113 Å². The van der Waals surface area contributed by atoms with Crippen LogP contribution in [0.3, 0.4) is 0 Å². The summed E-state index contributed by atoms with van der Waals surface area (Å²) in [6.45, 7) is 4.22. The Kier molecular flexibility index (Phi) is 4.63. The number of ether oxygens (including phenoxy) is 2. The van der Waals surface area contributed by atoms with Crippen molar-refractivity contribution in [1.29, 1.82) is 0 Å². The molecule has 0 saturated heterocycles. The second-order valence-corrected chi connectivity index (χ2v) is 4.56. The van der Waals surface area contributed by atoms with Crippen molar-refractivity contribution in [1.82, 2.24) is 5.32 Å². The van der Waals surface area contributed by atoms with Gasteiger partial charge in [-0.1, -0.05) is 0 Å². The van der Waals surface area contributed by atoms with Crippen molar-refractivity contribution in [2.45, 2.75) is 19.8 Å². The number of carbonyl (C=O) groups excluding carboxylic acids is 1. The number of nitrogens with two attached hydrogens (primary N) is 1. The Balaban J connectivity index is 1.95. The van der Waals surface area contributed by atoms with Crippen LogP contribution in [0.4, 0.5) is 0 Å². The van der Waals surface area contributed by atoms with Gasteiger partial charge in [0.05, 0.1) is 0 Å². The van der Waals surface area contributed by atoms with Crippen molar-refractivity contribution in [2.24, 2.45) is 5.73 Å². The lowest BCUT2D eigenvalue weighted by molar-refractivity contribution is -0.120. The molecule has 19 heavy (non-hydrogen) atoms. The highest BCUT2D eigenvalue weighted by molar-refractivity contribution is 5.76. The molecule has 0 atom stereocenters. The summed E-state index contributed by atoms with van der Waals surface area (Å²) in [4.78, 5) is 11.3. The van der Waals surface area contributed by atoms with Crippen molar-refractivity contribution in [3.8, 4) is 11.5 Å². The molecule has 5 heteroatoms. The van der Waals surface area contributed by atoms with Crippen LogP contribution >= 0.6 is 0 Å². The molecule has 0 saturated carbocycles. The Hall–Kier alpha value is -1.75. The quantitative estimate of drug-likeness (QED) is 0.824. The predicted molar refractivity (Wildman–Crippen MR) is 72.6 cm³/mol. The van der Waals surface area contributed by atoms with E-state index >= 15 is 0 Å². The van der Waals surface area contributed by atoms with Gasteiger partial charge in [0.2, 0.25) is 5.91 Å². The lowest BCUT2D eigenvalue weighted by Gasteiger charge is -2.20. The lowest BCUT2D eigenvalue weighted by Crippen LogP contribution is -2.27. The molecule has 0 aromatic heterocycles. The molecule has 1 aromatic carbocycles. The molecule has 2 rings (SSSR count). The molecule has 104 valence electrons. The van der Waals surface area contributed by atoms with Gasteiger partial charge in [-0.15, -0.1) is 0 Å². The SMILES string of the molecule is Cc1cc2c(cc1CCNC(=O)CCN)OCCO2. The first kappa shape index (κ1) is 13.7. The molecule has 0 bridgehead atoms. The number of aryl methyl sites for hydroxylation is 1. The summed E-state index contributed by atoms with van der Waals surface area (Å²) in [5.41, 5.74) is 7.64. The van der Waals surface area contributed by atoms with E-state index in [9.17, 15) is 4.79 Å². The normalized spacial score (nSPS) is 13.2. The van der Waals surface area contributed by atoms with Crippen LogP contribution in [0.2, 0.25) is 0 Å². The van der Waals surface area contributed by atoms with E-state index in [1.807, 2.05) is 19.1 Å². The maximum absolute atomic E-state index is 11.3. The topological polar surface area (TPSA) is 73.6 Å². The number of carbonyl (C=O) groups is 1. The average Bonchev–Trinajstić information content (AvgIpc) is 2.39. The molecular formula is C14H20N2O3. The van der Waals surface area contributed by atoms with Gasteiger partial charge >= 0.3 is 0 Å². The first-order valence-corrected chi connectivity index (χ1v) is 6.56. The predicted octanol–water partition coefficient (Wildman–Crippen LogP) is 0.774. The third-order valence-corrected chi connectivity index (χ3v) is 3.09. The fourth-order valence-corrected chi connectivity index (χ4v) is 2.06. The Morgan fingerprint density at radius 2 is 2.00 bits per heavy atom. The Morgan fingerprint density at radius 3 is 2.68 bits per heavy atom. The molecule has 1 heterocycles. The van der Waals surface area contributed by atoms with Gasteiger partial charge in [0.1, 0.15) is 13.2 Å². The summed E-state index contributed by atoms with van der Waals surface area (Å²) in [5.74, 6) is 1.59. The van der Waals surface area contributed by atoms with Crippen LogP contribution in [0.25, 0.3) is 0 Å².